The first-order valence-electron chi connectivity index (χ1n) is 12.0. The number of carbonyl (C=O) groups is 3. The molecule has 0 radical (unpaired) electrons. The van der Waals surface area contributed by atoms with Crippen molar-refractivity contribution in [2.45, 2.75) is 18.0 Å². The predicted octanol–water partition coefficient (Wildman–Crippen LogP) is 4.31. The fraction of sp³-hybridized carbons (Fsp3) is 0.233. The van der Waals surface area contributed by atoms with Crippen molar-refractivity contribution in [2.24, 2.45) is 5.41 Å². The zero-order valence-electron chi connectivity index (χ0n) is 20.6. The Balaban J connectivity index is 1.68. The zero-order valence-corrected chi connectivity index (χ0v) is 20.6. The van der Waals surface area contributed by atoms with Gasteiger partial charge in [0.2, 0.25) is 0 Å². The molecule has 1 unspecified atom stereocenters. The van der Waals surface area contributed by atoms with Gasteiger partial charge in [0, 0.05) is 22.7 Å². The van der Waals surface area contributed by atoms with E-state index in [0.717, 1.165) is 11.3 Å². The Hall–Kier alpha value is -4.39. The standard InChI is InChI=1S/C30H25NO6/c1-35-22-14-12-18(16-23(22)36-2)25-26(29(34)37-3)31-21-11-7-4-8-17(21)13-15-24(31)30(25)27(32)19-9-5-6-10-20(19)28(30)33/h4-16,24-26H,1-3H3/t24?,25-,26+/m0/s1. The number of hydrogen-bond acceptors (Lipinski definition) is 7. The largest absolute Gasteiger partial charge is 0.493 e. The van der Waals surface area contributed by atoms with E-state index < -0.39 is 29.4 Å². The first-order valence-corrected chi connectivity index (χ1v) is 12.0. The van der Waals surface area contributed by atoms with Crippen LogP contribution in [0.4, 0.5) is 5.69 Å². The molecule has 0 N–H and O–H groups in total. The summed E-state index contributed by atoms with van der Waals surface area (Å²) < 4.78 is 16.3. The van der Waals surface area contributed by atoms with Crippen molar-refractivity contribution in [1.82, 2.24) is 0 Å². The second-order valence-electron chi connectivity index (χ2n) is 9.40. The summed E-state index contributed by atoms with van der Waals surface area (Å²) in [7, 11) is 4.38. The molecular formula is C30H25NO6. The van der Waals surface area contributed by atoms with Crippen molar-refractivity contribution in [3.63, 3.8) is 0 Å². The summed E-state index contributed by atoms with van der Waals surface area (Å²) in [5, 5.41) is 0. The maximum atomic E-state index is 14.4. The van der Waals surface area contributed by atoms with Crippen LogP contribution in [0.5, 0.6) is 11.5 Å². The molecule has 1 spiro atoms. The monoisotopic (exact) mass is 495 g/mol. The van der Waals surface area contributed by atoms with Crippen molar-refractivity contribution in [1.29, 1.82) is 0 Å². The molecule has 1 saturated heterocycles. The smallest absolute Gasteiger partial charge is 0.329 e. The molecule has 37 heavy (non-hydrogen) atoms. The summed E-state index contributed by atoms with van der Waals surface area (Å²) in [6.45, 7) is 0. The van der Waals surface area contributed by atoms with Crippen LogP contribution >= 0.6 is 0 Å². The minimum Gasteiger partial charge on any atom is -0.493 e. The van der Waals surface area contributed by atoms with Crippen LogP contribution < -0.4 is 14.4 Å². The van der Waals surface area contributed by atoms with Crippen molar-refractivity contribution < 1.29 is 28.6 Å². The highest BCUT2D eigenvalue weighted by Gasteiger charge is 2.72. The van der Waals surface area contributed by atoms with Crippen LogP contribution in [0.25, 0.3) is 6.08 Å². The second kappa shape index (κ2) is 8.34. The number of rotatable bonds is 4. The maximum Gasteiger partial charge on any atom is 0.329 e. The summed E-state index contributed by atoms with van der Waals surface area (Å²) >= 11 is 0. The summed E-state index contributed by atoms with van der Waals surface area (Å²) in [6, 6.07) is 18.2. The van der Waals surface area contributed by atoms with E-state index in [1.54, 1.807) is 42.5 Å². The number of ether oxygens (including phenoxy) is 3. The first-order chi connectivity index (χ1) is 18.0. The molecule has 186 valence electrons. The van der Waals surface area contributed by atoms with Crippen LogP contribution in [-0.4, -0.2) is 50.9 Å². The van der Waals surface area contributed by atoms with Crippen molar-refractivity contribution in [3.05, 3.63) is 95.1 Å². The summed E-state index contributed by atoms with van der Waals surface area (Å²) in [4.78, 5) is 44.3. The summed E-state index contributed by atoms with van der Waals surface area (Å²) in [6.07, 6.45) is 3.80. The summed E-state index contributed by atoms with van der Waals surface area (Å²) in [5.74, 6) is -1.02. The average Bonchev–Trinajstić information content (AvgIpc) is 3.38. The van der Waals surface area contributed by atoms with Gasteiger partial charge in [-0.25, -0.2) is 4.79 Å². The Bertz CT molecular complexity index is 1460. The number of hydrogen-bond donors (Lipinski definition) is 0. The second-order valence-corrected chi connectivity index (χ2v) is 9.40. The van der Waals surface area contributed by atoms with E-state index in [1.165, 1.54) is 21.3 Å². The van der Waals surface area contributed by atoms with Crippen molar-refractivity contribution in [2.75, 3.05) is 26.2 Å². The van der Waals surface area contributed by atoms with Crippen LogP contribution in [0, 0.1) is 5.41 Å². The number of Topliss-reactive ketones (excluding diaryl/α,β-unsaturated/α-hetero) is 2. The van der Waals surface area contributed by atoms with Gasteiger partial charge in [0.1, 0.15) is 11.5 Å². The third-order valence-electron chi connectivity index (χ3n) is 7.92. The molecule has 2 aliphatic heterocycles. The van der Waals surface area contributed by atoms with Crippen molar-refractivity contribution >= 4 is 29.3 Å². The first kappa shape index (κ1) is 23.0. The Morgan fingerprint density at radius 1 is 0.838 bits per heavy atom. The van der Waals surface area contributed by atoms with E-state index >= 15 is 0 Å². The van der Waals surface area contributed by atoms with E-state index in [2.05, 4.69) is 0 Å². The number of carbonyl (C=O) groups excluding carboxylic acids is 3. The highest BCUT2D eigenvalue weighted by atomic mass is 16.5. The summed E-state index contributed by atoms with van der Waals surface area (Å²) in [5.41, 5.74) is 1.44. The lowest BCUT2D eigenvalue weighted by molar-refractivity contribution is -0.142. The normalized spacial score (nSPS) is 22.5. The van der Waals surface area contributed by atoms with Gasteiger partial charge in [-0.3, -0.25) is 9.59 Å². The average molecular weight is 496 g/mol. The van der Waals surface area contributed by atoms with Crippen molar-refractivity contribution in [3.8, 4) is 11.5 Å². The predicted molar refractivity (Wildman–Crippen MR) is 137 cm³/mol. The van der Waals surface area contributed by atoms with E-state index in [-0.39, 0.29) is 11.6 Å². The number of fused-ring (bicyclic) bond motifs is 5. The zero-order chi connectivity index (χ0) is 25.9. The number of para-hydroxylation sites is 1. The third-order valence-corrected chi connectivity index (χ3v) is 7.92. The number of nitrogens with zero attached hydrogens (tertiary/aromatic N) is 1. The number of esters is 1. The van der Waals surface area contributed by atoms with Crippen LogP contribution in [0.2, 0.25) is 0 Å². The Labute approximate surface area is 214 Å². The van der Waals surface area contributed by atoms with E-state index in [0.29, 0.717) is 28.2 Å². The lowest BCUT2D eigenvalue weighted by Gasteiger charge is -2.36. The fourth-order valence-electron chi connectivity index (χ4n) is 6.43. The quantitative estimate of drug-likeness (QED) is 0.394. The Kier molecular flexibility index (Phi) is 5.19. The Morgan fingerprint density at radius 2 is 1.49 bits per heavy atom. The minimum atomic E-state index is -1.58. The molecule has 6 rings (SSSR count). The molecule has 3 aromatic rings. The Morgan fingerprint density at radius 3 is 2.14 bits per heavy atom. The van der Waals surface area contributed by atoms with Gasteiger partial charge in [-0.1, -0.05) is 60.7 Å². The molecule has 2 heterocycles. The van der Waals surface area contributed by atoms with Gasteiger partial charge < -0.3 is 19.1 Å². The maximum absolute atomic E-state index is 14.4. The molecule has 7 nitrogen and oxygen atoms in total. The van der Waals surface area contributed by atoms with Crippen LogP contribution in [-0.2, 0) is 9.53 Å². The third kappa shape index (κ3) is 2.91. The number of methoxy groups -OCH3 is 3. The van der Waals surface area contributed by atoms with Gasteiger partial charge in [0.05, 0.1) is 27.4 Å². The van der Waals surface area contributed by atoms with Gasteiger partial charge in [0.15, 0.2) is 23.1 Å². The molecule has 3 aliphatic rings. The van der Waals surface area contributed by atoms with Gasteiger partial charge in [-0.2, -0.15) is 0 Å². The highest BCUT2D eigenvalue weighted by molar-refractivity contribution is 6.32. The SMILES string of the molecule is COC(=O)[C@H]1[C@H](c2ccc(OC)c(OC)c2)C2(C(=O)c3ccccc3C2=O)C2C=Cc3ccccc3N21. The molecule has 1 aliphatic carbocycles. The molecule has 0 saturated carbocycles. The van der Waals surface area contributed by atoms with E-state index in [4.69, 9.17) is 14.2 Å². The van der Waals surface area contributed by atoms with Gasteiger partial charge >= 0.3 is 5.97 Å². The molecule has 0 aromatic heterocycles. The van der Waals surface area contributed by atoms with E-state index in [9.17, 15) is 14.4 Å². The lowest BCUT2D eigenvalue weighted by Crippen LogP contribution is -2.48. The van der Waals surface area contributed by atoms with Crippen LogP contribution in [0.15, 0.2) is 72.8 Å². The molecular weight excluding hydrogens is 470 g/mol. The highest BCUT2D eigenvalue weighted by Crippen LogP contribution is 2.61. The van der Waals surface area contributed by atoms with Crippen LogP contribution in [0.1, 0.15) is 37.8 Å². The van der Waals surface area contributed by atoms with Crippen LogP contribution in [0.3, 0.4) is 0 Å². The topological polar surface area (TPSA) is 82.1 Å². The molecule has 3 aromatic carbocycles. The molecule has 0 amide bonds. The number of benzene rings is 3. The fourth-order valence-corrected chi connectivity index (χ4v) is 6.43. The number of ketones is 2. The molecule has 3 atom stereocenters. The molecule has 0 bridgehead atoms. The van der Waals surface area contributed by atoms with Gasteiger partial charge in [0.25, 0.3) is 0 Å². The number of anilines is 1. The van der Waals surface area contributed by atoms with E-state index in [1.807, 2.05) is 41.3 Å². The molecule has 7 heteroatoms. The van der Waals surface area contributed by atoms with Gasteiger partial charge in [-0.05, 0) is 29.3 Å². The van der Waals surface area contributed by atoms with Gasteiger partial charge in [-0.15, -0.1) is 0 Å². The minimum absolute atomic E-state index is 0.293. The molecule has 1 fully saturated rings. The lowest BCUT2D eigenvalue weighted by atomic mass is 9.64.